The maximum atomic E-state index is 9.36. The van der Waals surface area contributed by atoms with E-state index in [0.29, 0.717) is 11.8 Å². The molecule has 2 aromatic rings. The third-order valence-corrected chi connectivity index (χ3v) is 4.22. The van der Waals surface area contributed by atoms with E-state index >= 15 is 0 Å². The number of phenols is 1. The van der Waals surface area contributed by atoms with Gasteiger partial charge in [0.15, 0.2) is 0 Å². The fourth-order valence-electron chi connectivity index (χ4n) is 3.04. The fraction of sp³-hybridized carbons (Fsp3) is 0.438. The van der Waals surface area contributed by atoms with Crippen LogP contribution < -0.4 is 5.32 Å². The van der Waals surface area contributed by atoms with Crippen LogP contribution in [-0.2, 0) is 13.5 Å². The normalized spacial score (nSPS) is 19.6. The lowest BCUT2D eigenvalue weighted by Gasteiger charge is -2.27. The molecule has 3 rings (SSSR count). The summed E-state index contributed by atoms with van der Waals surface area (Å²) in [6.45, 7) is 2.16. The summed E-state index contributed by atoms with van der Waals surface area (Å²) in [7, 11) is 2.02. The zero-order valence-electron chi connectivity index (χ0n) is 12.0. The average Bonchev–Trinajstić information content (AvgIpc) is 2.82. The Labute approximate surface area is 119 Å². The van der Waals surface area contributed by atoms with Crippen LogP contribution in [-0.4, -0.2) is 14.9 Å². The third kappa shape index (κ3) is 2.43. The molecule has 2 atom stereocenters. The Hall–Kier alpha value is -1.81. The first kappa shape index (κ1) is 13.2. The van der Waals surface area contributed by atoms with Gasteiger partial charge < -0.3 is 10.4 Å². The summed E-state index contributed by atoms with van der Waals surface area (Å²) in [5.74, 6) is 0.313. The van der Waals surface area contributed by atoms with Crippen molar-refractivity contribution in [3.8, 4) is 5.75 Å². The predicted molar refractivity (Wildman–Crippen MR) is 78.5 cm³/mol. The lowest BCUT2D eigenvalue weighted by molar-refractivity contribution is 0.410. The van der Waals surface area contributed by atoms with Crippen LogP contribution in [0.2, 0.25) is 0 Å². The van der Waals surface area contributed by atoms with Crippen LogP contribution in [0.3, 0.4) is 0 Å². The summed E-state index contributed by atoms with van der Waals surface area (Å²) in [6, 6.07) is 8.05. The first-order valence-corrected chi connectivity index (χ1v) is 7.21. The minimum absolute atomic E-state index is 0.256. The van der Waals surface area contributed by atoms with Crippen LogP contribution in [0.4, 0.5) is 0 Å². The lowest BCUT2D eigenvalue weighted by atomic mass is 9.92. The molecule has 20 heavy (non-hydrogen) atoms. The number of aromatic nitrogens is 2. The topological polar surface area (TPSA) is 50.1 Å². The zero-order chi connectivity index (χ0) is 14.1. The molecule has 4 nitrogen and oxygen atoms in total. The number of nitrogens with zero attached hydrogens (tertiary/aromatic N) is 2. The Morgan fingerprint density at radius 1 is 1.35 bits per heavy atom. The third-order valence-electron chi connectivity index (χ3n) is 4.22. The van der Waals surface area contributed by atoms with Crippen molar-refractivity contribution in [2.24, 2.45) is 7.05 Å². The fourth-order valence-corrected chi connectivity index (χ4v) is 3.04. The Morgan fingerprint density at radius 3 is 2.85 bits per heavy atom. The first-order valence-electron chi connectivity index (χ1n) is 7.21. The van der Waals surface area contributed by atoms with Gasteiger partial charge >= 0.3 is 0 Å². The van der Waals surface area contributed by atoms with Crippen molar-refractivity contribution < 1.29 is 5.11 Å². The van der Waals surface area contributed by atoms with E-state index in [1.807, 2.05) is 30.1 Å². The molecule has 1 heterocycles. The van der Waals surface area contributed by atoms with Gasteiger partial charge in [-0.25, -0.2) is 0 Å². The number of rotatable bonds is 3. The van der Waals surface area contributed by atoms with Crippen molar-refractivity contribution in [3.05, 3.63) is 47.3 Å². The van der Waals surface area contributed by atoms with Crippen LogP contribution in [0.15, 0.2) is 30.5 Å². The van der Waals surface area contributed by atoms with E-state index in [4.69, 9.17) is 0 Å². The van der Waals surface area contributed by atoms with Crippen molar-refractivity contribution in [1.82, 2.24) is 15.1 Å². The van der Waals surface area contributed by atoms with Crippen LogP contribution in [0.25, 0.3) is 0 Å². The molecule has 0 saturated carbocycles. The monoisotopic (exact) mass is 271 g/mol. The molecule has 2 N–H and O–H groups in total. The van der Waals surface area contributed by atoms with E-state index in [-0.39, 0.29) is 6.04 Å². The van der Waals surface area contributed by atoms with Gasteiger partial charge in [0, 0.05) is 30.4 Å². The summed E-state index contributed by atoms with van der Waals surface area (Å²) < 4.78 is 1.99. The summed E-state index contributed by atoms with van der Waals surface area (Å²) in [6.07, 6.45) is 5.47. The second-order valence-corrected chi connectivity index (χ2v) is 5.59. The van der Waals surface area contributed by atoms with Gasteiger partial charge in [0.05, 0.1) is 6.20 Å². The Kier molecular flexibility index (Phi) is 3.49. The van der Waals surface area contributed by atoms with Crippen molar-refractivity contribution in [2.75, 3.05) is 0 Å². The summed E-state index contributed by atoms with van der Waals surface area (Å²) >= 11 is 0. The minimum atomic E-state index is 0.256. The van der Waals surface area contributed by atoms with Gasteiger partial charge in [-0.1, -0.05) is 12.1 Å². The molecule has 4 heteroatoms. The molecule has 1 aliphatic carbocycles. The number of phenolic OH excluding ortho intramolecular Hbond substituents is 1. The highest BCUT2D eigenvalue weighted by Gasteiger charge is 2.24. The van der Waals surface area contributed by atoms with E-state index in [1.54, 1.807) is 12.1 Å². The van der Waals surface area contributed by atoms with Crippen molar-refractivity contribution in [3.63, 3.8) is 0 Å². The molecule has 1 aliphatic rings. The Balaban J connectivity index is 1.77. The largest absolute Gasteiger partial charge is 0.508 e. The molecule has 0 fully saturated rings. The summed E-state index contributed by atoms with van der Waals surface area (Å²) in [4.78, 5) is 0. The van der Waals surface area contributed by atoms with E-state index in [1.165, 1.54) is 23.2 Å². The molecule has 0 bridgehead atoms. The molecular formula is C16H21N3O. The maximum Gasteiger partial charge on any atom is 0.115 e. The van der Waals surface area contributed by atoms with Gasteiger partial charge in [0.25, 0.3) is 0 Å². The molecule has 0 saturated heterocycles. The quantitative estimate of drug-likeness (QED) is 0.902. The number of aryl methyl sites for hydroxylation is 1. The maximum absolute atomic E-state index is 9.36. The first-order chi connectivity index (χ1) is 9.65. The number of aromatic hydroxyl groups is 1. The Morgan fingerprint density at radius 2 is 2.10 bits per heavy atom. The SMILES string of the molecule is CC(NC1CCCc2c1cnn2C)c1ccc(O)cc1. The highest BCUT2D eigenvalue weighted by molar-refractivity contribution is 5.29. The number of hydrogen-bond donors (Lipinski definition) is 2. The molecule has 0 amide bonds. The highest BCUT2D eigenvalue weighted by Crippen LogP contribution is 2.31. The number of hydrogen-bond acceptors (Lipinski definition) is 3. The second kappa shape index (κ2) is 5.29. The lowest BCUT2D eigenvalue weighted by Crippen LogP contribution is -2.27. The minimum Gasteiger partial charge on any atom is -0.508 e. The van der Waals surface area contributed by atoms with Gasteiger partial charge in [-0.2, -0.15) is 5.10 Å². The Bertz CT molecular complexity index is 588. The molecular weight excluding hydrogens is 250 g/mol. The number of benzene rings is 1. The molecule has 0 spiro atoms. The predicted octanol–water partition coefficient (Wildman–Crippen LogP) is 2.85. The van der Waals surface area contributed by atoms with E-state index in [9.17, 15) is 5.11 Å². The van der Waals surface area contributed by atoms with E-state index < -0.39 is 0 Å². The average molecular weight is 271 g/mol. The number of nitrogens with one attached hydrogen (secondary N) is 1. The van der Waals surface area contributed by atoms with Gasteiger partial charge in [-0.05, 0) is 43.9 Å². The smallest absolute Gasteiger partial charge is 0.115 e. The van der Waals surface area contributed by atoms with Crippen molar-refractivity contribution >= 4 is 0 Å². The molecule has 2 unspecified atom stereocenters. The van der Waals surface area contributed by atoms with Crippen LogP contribution >= 0.6 is 0 Å². The highest BCUT2D eigenvalue weighted by atomic mass is 16.3. The van der Waals surface area contributed by atoms with Crippen LogP contribution in [0, 0.1) is 0 Å². The standard InChI is InChI=1S/C16H21N3O/c1-11(12-6-8-13(20)9-7-12)18-15-4-3-5-16-14(15)10-17-19(16)2/h6-11,15,18,20H,3-5H2,1-2H3. The second-order valence-electron chi connectivity index (χ2n) is 5.59. The van der Waals surface area contributed by atoms with Crippen LogP contribution in [0.1, 0.15) is 48.7 Å². The van der Waals surface area contributed by atoms with E-state index in [2.05, 4.69) is 17.3 Å². The van der Waals surface area contributed by atoms with Crippen molar-refractivity contribution in [1.29, 1.82) is 0 Å². The molecule has 1 aromatic heterocycles. The molecule has 106 valence electrons. The zero-order valence-corrected chi connectivity index (χ0v) is 12.0. The van der Waals surface area contributed by atoms with Crippen LogP contribution in [0.5, 0.6) is 5.75 Å². The van der Waals surface area contributed by atoms with Gasteiger partial charge in [-0.3, -0.25) is 4.68 Å². The van der Waals surface area contributed by atoms with Gasteiger partial charge in [0.2, 0.25) is 0 Å². The molecule has 0 radical (unpaired) electrons. The van der Waals surface area contributed by atoms with E-state index in [0.717, 1.165) is 12.8 Å². The summed E-state index contributed by atoms with van der Waals surface area (Å²) in [5, 5.41) is 17.4. The van der Waals surface area contributed by atoms with Gasteiger partial charge in [-0.15, -0.1) is 0 Å². The van der Waals surface area contributed by atoms with Gasteiger partial charge in [0.1, 0.15) is 5.75 Å². The summed E-state index contributed by atoms with van der Waals surface area (Å²) in [5.41, 5.74) is 3.88. The number of fused-ring (bicyclic) bond motifs is 1. The molecule has 1 aromatic carbocycles. The van der Waals surface area contributed by atoms with Crippen molar-refractivity contribution in [2.45, 2.75) is 38.3 Å². The molecule has 0 aliphatic heterocycles.